The van der Waals surface area contributed by atoms with Crippen LogP contribution in [0.2, 0.25) is 10.0 Å². The van der Waals surface area contributed by atoms with Crippen molar-refractivity contribution < 1.29 is 9.90 Å². The number of halogens is 2. The molecule has 1 unspecified atom stereocenters. The van der Waals surface area contributed by atoms with Gasteiger partial charge in [0.2, 0.25) is 0 Å². The first-order valence-corrected chi connectivity index (χ1v) is 7.20. The normalized spacial score (nSPS) is 12.2. The van der Waals surface area contributed by atoms with Gasteiger partial charge in [-0.2, -0.15) is 5.10 Å². The zero-order valence-corrected chi connectivity index (χ0v) is 12.9. The molecule has 0 fully saturated rings. The van der Waals surface area contributed by atoms with Crippen LogP contribution in [0.1, 0.15) is 23.8 Å². The Morgan fingerprint density at radius 3 is 2.81 bits per heavy atom. The Morgan fingerprint density at radius 1 is 1.38 bits per heavy atom. The molecule has 0 radical (unpaired) electrons. The highest BCUT2D eigenvalue weighted by atomic mass is 35.5. The molecule has 2 N–H and O–H groups in total. The fourth-order valence-electron chi connectivity index (χ4n) is 1.70. The zero-order chi connectivity index (χ0) is 15.4. The van der Waals surface area contributed by atoms with Crippen LogP contribution in [0.15, 0.2) is 30.5 Å². The Balaban J connectivity index is 2.07. The van der Waals surface area contributed by atoms with Crippen molar-refractivity contribution in [2.45, 2.75) is 19.4 Å². The van der Waals surface area contributed by atoms with Gasteiger partial charge in [-0.15, -0.1) is 0 Å². The maximum atomic E-state index is 11.9. The van der Waals surface area contributed by atoms with E-state index in [1.165, 1.54) is 0 Å². The van der Waals surface area contributed by atoms with E-state index in [1.54, 1.807) is 42.1 Å². The number of benzene rings is 1. The van der Waals surface area contributed by atoms with Crippen LogP contribution in [0.4, 0.5) is 0 Å². The van der Waals surface area contributed by atoms with Gasteiger partial charge < -0.3 is 10.4 Å². The van der Waals surface area contributed by atoms with Gasteiger partial charge in [-0.05, 0) is 37.6 Å². The second-order valence-corrected chi connectivity index (χ2v) is 5.45. The van der Waals surface area contributed by atoms with Crippen molar-refractivity contribution in [2.75, 3.05) is 6.54 Å². The molecule has 0 aliphatic rings. The first-order chi connectivity index (χ1) is 9.97. The largest absolute Gasteiger partial charge is 0.393 e. The lowest BCUT2D eigenvalue weighted by Crippen LogP contribution is -2.27. The van der Waals surface area contributed by atoms with Gasteiger partial charge in [-0.1, -0.05) is 23.2 Å². The summed E-state index contributed by atoms with van der Waals surface area (Å²) >= 11 is 11.8. The van der Waals surface area contributed by atoms with Gasteiger partial charge in [0.1, 0.15) is 0 Å². The van der Waals surface area contributed by atoms with Crippen LogP contribution < -0.4 is 5.32 Å². The molecule has 0 spiro atoms. The van der Waals surface area contributed by atoms with Gasteiger partial charge in [0, 0.05) is 12.7 Å². The van der Waals surface area contributed by atoms with Gasteiger partial charge in [0.15, 0.2) is 5.69 Å². The molecule has 1 aromatic heterocycles. The average Bonchev–Trinajstić information content (AvgIpc) is 2.91. The van der Waals surface area contributed by atoms with Crippen LogP contribution in [-0.4, -0.2) is 33.4 Å². The van der Waals surface area contributed by atoms with Crippen LogP contribution in [0.3, 0.4) is 0 Å². The van der Waals surface area contributed by atoms with Crippen molar-refractivity contribution in [2.24, 2.45) is 0 Å². The second-order valence-electron chi connectivity index (χ2n) is 4.64. The molecule has 1 atom stereocenters. The molecular weight excluding hydrogens is 313 g/mol. The van der Waals surface area contributed by atoms with Crippen LogP contribution in [0, 0.1) is 0 Å². The minimum Gasteiger partial charge on any atom is -0.393 e. The van der Waals surface area contributed by atoms with E-state index in [4.69, 9.17) is 28.3 Å². The molecule has 0 aliphatic heterocycles. The van der Waals surface area contributed by atoms with Crippen molar-refractivity contribution in [3.8, 4) is 5.69 Å². The Morgan fingerprint density at radius 2 is 2.14 bits per heavy atom. The van der Waals surface area contributed by atoms with Crippen molar-refractivity contribution in [3.63, 3.8) is 0 Å². The van der Waals surface area contributed by atoms with Crippen molar-refractivity contribution in [1.29, 1.82) is 0 Å². The monoisotopic (exact) mass is 327 g/mol. The second kappa shape index (κ2) is 6.93. The molecule has 1 aromatic carbocycles. The van der Waals surface area contributed by atoms with E-state index in [0.717, 1.165) is 0 Å². The highest BCUT2D eigenvalue weighted by Gasteiger charge is 2.10. The summed E-state index contributed by atoms with van der Waals surface area (Å²) < 4.78 is 1.55. The summed E-state index contributed by atoms with van der Waals surface area (Å²) in [5.74, 6) is -0.283. The van der Waals surface area contributed by atoms with Crippen molar-refractivity contribution >= 4 is 29.1 Å². The molecule has 0 bridgehead atoms. The number of aromatic nitrogens is 2. The van der Waals surface area contributed by atoms with E-state index < -0.39 is 6.10 Å². The molecule has 1 heterocycles. The molecule has 0 aliphatic carbocycles. The highest BCUT2D eigenvalue weighted by molar-refractivity contribution is 6.42. The van der Waals surface area contributed by atoms with Gasteiger partial charge >= 0.3 is 0 Å². The molecule has 0 saturated carbocycles. The fraction of sp³-hybridized carbons (Fsp3) is 0.286. The molecule has 112 valence electrons. The number of carbonyl (C=O) groups excluding carboxylic acids is 1. The number of hydrogen-bond donors (Lipinski definition) is 2. The van der Waals surface area contributed by atoms with Crippen LogP contribution >= 0.6 is 23.2 Å². The Labute approximate surface area is 132 Å². The molecule has 2 rings (SSSR count). The summed E-state index contributed by atoms with van der Waals surface area (Å²) in [5, 5.41) is 16.9. The standard InChI is InChI=1S/C14H15Cl2N3O2/c1-9(20)4-6-17-14(21)13-5-7-19(18-13)10-2-3-11(15)12(16)8-10/h2-3,5,7-9,20H,4,6H2,1H3,(H,17,21). The SMILES string of the molecule is CC(O)CCNC(=O)c1ccn(-c2ccc(Cl)c(Cl)c2)n1. The predicted octanol–water partition coefficient (Wildman–Crippen LogP) is 2.68. The maximum absolute atomic E-state index is 11.9. The number of rotatable bonds is 5. The van der Waals surface area contributed by atoms with Gasteiger partial charge in [0.05, 0.1) is 21.8 Å². The lowest BCUT2D eigenvalue weighted by atomic mass is 10.3. The summed E-state index contributed by atoms with van der Waals surface area (Å²) in [6.07, 6.45) is 1.72. The summed E-state index contributed by atoms with van der Waals surface area (Å²) in [7, 11) is 0. The van der Waals surface area contributed by atoms with Gasteiger partial charge in [-0.25, -0.2) is 4.68 Å². The fourth-order valence-corrected chi connectivity index (χ4v) is 1.99. The number of amides is 1. The Hall–Kier alpha value is -1.56. The number of carbonyl (C=O) groups is 1. The summed E-state index contributed by atoms with van der Waals surface area (Å²) in [5.41, 5.74) is 1.01. The molecule has 21 heavy (non-hydrogen) atoms. The van der Waals surface area contributed by atoms with E-state index in [9.17, 15) is 4.79 Å². The number of hydrogen-bond acceptors (Lipinski definition) is 3. The summed E-state index contributed by atoms with van der Waals surface area (Å²) in [4.78, 5) is 11.9. The zero-order valence-electron chi connectivity index (χ0n) is 11.4. The van der Waals surface area contributed by atoms with Crippen LogP contribution in [0.25, 0.3) is 5.69 Å². The topological polar surface area (TPSA) is 67.2 Å². The lowest BCUT2D eigenvalue weighted by Gasteiger charge is -2.05. The molecule has 1 amide bonds. The highest BCUT2D eigenvalue weighted by Crippen LogP contribution is 2.24. The molecule has 5 nitrogen and oxygen atoms in total. The molecule has 0 saturated heterocycles. The van der Waals surface area contributed by atoms with Crippen molar-refractivity contribution in [3.05, 3.63) is 46.2 Å². The quantitative estimate of drug-likeness (QED) is 0.887. The third-order valence-electron chi connectivity index (χ3n) is 2.84. The number of aliphatic hydroxyl groups is 1. The first-order valence-electron chi connectivity index (χ1n) is 6.44. The third kappa shape index (κ3) is 4.20. The Kier molecular flexibility index (Phi) is 5.22. The smallest absolute Gasteiger partial charge is 0.271 e. The lowest BCUT2D eigenvalue weighted by molar-refractivity contribution is 0.0940. The Bertz CT molecular complexity index is 641. The average molecular weight is 328 g/mol. The predicted molar refractivity (Wildman–Crippen MR) is 82.2 cm³/mol. The first kappa shape index (κ1) is 15.8. The number of aliphatic hydroxyl groups excluding tert-OH is 1. The minimum atomic E-state index is -0.445. The van der Waals surface area contributed by atoms with E-state index in [1.807, 2.05) is 0 Å². The maximum Gasteiger partial charge on any atom is 0.271 e. The van der Waals surface area contributed by atoms with E-state index >= 15 is 0 Å². The summed E-state index contributed by atoms with van der Waals surface area (Å²) in [6, 6.07) is 6.71. The molecule has 7 heteroatoms. The van der Waals surface area contributed by atoms with Crippen LogP contribution in [-0.2, 0) is 0 Å². The molecule has 2 aromatic rings. The molecular formula is C14H15Cl2N3O2. The third-order valence-corrected chi connectivity index (χ3v) is 3.58. The van der Waals surface area contributed by atoms with Gasteiger partial charge in [0.25, 0.3) is 5.91 Å². The van der Waals surface area contributed by atoms with E-state index in [-0.39, 0.29) is 5.91 Å². The minimum absolute atomic E-state index is 0.283. The number of nitrogens with one attached hydrogen (secondary N) is 1. The van der Waals surface area contributed by atoms with Gasteiger partial charge in [-0.3, -0.25) is 4.79 Å². The van der Waals surface area contributed by atoms with E-state index in [2.05, 4.69) is 10.4 Å². The van der Waals surface area contributed by atoms with Crippen molar-refractivity contribution in [1.82, 2.24) is 15.1 Å². The summed E-state index contributed by atoms with van der Waals surface area (Å²) in [6.45, 7) is 2.07. The van der Waals surface area contributed by atoms with E-state index in [0.29, 0.717) is 34.4 Å². The van der Waals surface area contributed by atoms with Crippen LogP contribution in [0.5, 0.6) is 0 Å². The number of nitrogens with zero attached hydrogens (tertiary/aromatic N) is 2.